The second-order valence-corrected chi connectivity index (χ2v) is 4.64. The molecular formula is C12H7FN2O4S. The molecule has 0 aliphatic heterocycles. The first kappa shape index (κ1) is 13.9. The molecule has 0 radical (unpaired) electrons. The minimum absolute atomic E-state index is 0.187. The summed E-state index contributed by atoms with van der Waals surface area (Å²) in [5.41, 5.74) is -0.722. The molecule has 0 aliphatic rings. The molecule has 0 amide bonds. The van der Waals surface area contributed by atoms with E-state index >= 15 is 0 Å². The molecule has 1 aromatic carbocycles. The van der Waals surface area contributed by atoms with E-state index in [2.05, 4.69) is 4.98 Å². The maximum atomic E-state index is 13.9. The number of carboxylic acid groups (broad SMARTS) is 1. The van der Waals surface area contributed by atoms with Crippen LogP contribution in [-0.2, 0) is 0 Å². The van der Waals surface area contributed by atoms with Crippen LogP contribution in [0.5, 0.6) is 0 Å². The van der Waals surface area contributed by atoms with Crippen LogP contribution >= 0.6 is 11.8 Å². The van der Waals surface area contributed by atoms with Crippen molar-refractivity contribution < 1.29 is 19.2 Å². The number of halogens is 1. The normalized spacial score (nSPS) is 10.2. The van der Waals surface area contributed by atoms with Crippen LogP contribution in [0.1, 0.15) is 10.4 Å². The standard InChI is InChI=1S/C12H7FN2O4S/c13-10-7(12(16)17)5-6-14-11(10)20-9-4-2-1-3-8(9)15(18)19/h1-6H,(H,16,17). The van der Waals surface area contributed by atoms with Gasteiger partial charge < -0.3 is 5.11 Å². The monoisotopic (exact) mass is 294 g/mol. The van der Waals surface area contributed by atoms with Crippen LogP contribution in [0.2, 0.25) is 0 Å². The second-order valence-electron chi connectivity index (χ2n) is 3.61. The minimum Gasteiger partial charge on any atom is -0.478 e. The van der Waals surface area contributed by atoms with Crippen LogP contribution in [0, 0.1) is 15.9 Å². The lowest BCUT2D eigenvalue weighted by Crippen LogP contribution is -2.03. The van der Waals surface area contributed by atoms with Gasteiger partial charge in [0.1, 0.15) is 5.03 Å². The van der Waals surface area contributed by atoms with Crippen LogP contribution in [0.15, 0.2) is 46.5 Å². The molecule has 6 nitrogen and oxygen atoms in total. The van der Waals surface area contributed by atoms with E-state index in [1.54, 1.807) is 6.07 Å². The molecule has 0 bridgehead atoms. The van der Waals surface area contributed by atoms with Gasteiger partial charge in [-0.15, -0.1) is 0 Å². The molecule has 0 spiro atoms. The van der Waals surface area contributed by atoms with Gasteiger partial charge in [0.15, 0.2) is 5.82 Å². The SMILES string of the molecule is O=C(O)c1ccnc(Sc2ccccc2[N+](=O)[O-])c1F. The van der Waals surface area contributed by atoms with Gasteiger partial charge in [-0.25, -0.2) is 14.2 Å². The van der Waals surface area contributed by atoms with E-state index in [1.807, 2.05) is 0 Å². The summed E-state index contributed by atoms with van der Waals surface area (Å²) in [6.45, 7) is 0. The Hall–Kier alpha value is -2.48. The van der Waals surface area contributed by atoms with Gasteiger partial charge in [0.25, 0.3) is 5.69 Å². The van der Waals surface area contributed by atoms with Crippen molar-refractivity contribution in [1.29, 1.82) is 0 Å². The van der Waals surface area contributed by atoms with E-state index in [0.717, 1.165) is 12.3 Å². The third-order valence-corrected chi connectivity index (χ3v) is 3.40. The zero-order valence-corrected chi connectivity index (χ0v) is 10.6. The average molecular weight is 294 g/mol. The molecule has 1 N–H and O–H groups in total. The highest BCUT2D eigenvalue weighted by molar-refractivity contribution is 7.99. The predicted octanol–water partition coefficient (Wildman–Crippen LogP) is 2.98. The number of nitrogens with zero attached hydrogens (tertiary/aromatic N) is 2. The van der Waals surface area contributed by atoms with E-state index in [4.69, 9.17) is 5.11 Å². The maximum Gasteiger partial charge on any atom is 0.338 e. The number of carboxylic acids is 1. The fourth-order valence-electron chi connectivity index (χ4n) is 1.46. The number of aromatic carboxylic acids is 1. The number of pyridine rings is 1. The van der Waals surface area contributed by atoms with E-state index < -0.39 is 22.3 Å². The Morgan fingerprint density at radius 1 is 1.35 bits per heavy atom. The average Bonchev–Trinajstić information content (AvgIpc) is 2.41. The molecule has 0 aliphatic carbocycles. The first-order chi connectivity index (χ1) is 9.50. The number of nitro groups is 1. The highest BCUT2D eigenvalue weighted by Gasteiger charge is 2.19. The summed E-state index contributed by atoms with van der Waals surface area (Å²) in [4.78, 5) is 25.0. The van der Waals surface area contributed by atoms with Gasteiger partial charge in [-0.1, -0.05) is 23.9 Å². The van der Waals surface area contributed by atoms with Gasteiger partial charge >= 0.3 is 5.97 Å². The fraction of sp³-hybridized carbons (Fsp3) is 0. The summed E-state index contributed by atoms with van der Waals surface area (Å²) in [5, 5.41) is 19.4. The van der Waals surface area contributed by atoms with Gasteiger partial charge in [0.05, 0.1) is 15.4 Å². The van der Waals surface area contributed by atoms with Gasteiger partial charge in [-0.2, -0.15) is 0 Å². The number of hydrogen-bond acceptors (Lipinski definition) is 5. The predicted molar refractivity (Wildman–Crippen MR) is 68.4 cm³/mol. The van der Waals surface area contributed by atoms with Crippen molar-refractivity contribution in [3.05, 3.63) is 58.0 Å². The number of para-hydroxylation sites is 1. The molecule has 1 heterocycles. The lowest BCUT2D eigenvalue weighted by atomic mass is 10.3. The third-order valence-electron chi connectivity index (χ3n) is 2.36. The lowest BCUT2D eigenvalue weighted by Gasteiger charge is -2.04. The molecule has 1 aromatic heterocycles. The van der Waals surface area contributed by atoms with Gasteiger partial charge in [-0.05, 0) is 12.1 Å². The van der Waals surface area contributed by atoms with Crippen molar-refractivity contribution in [3.63, 3.8) is 0 Å². The Labute approximate surface area is 116 Å². The molecule has 2 aromatic rings. The largest absolute Gasteiger partial charge is 0.478 e. The molecule has 20 heavy (non-hydrogen) atoms. The Balaban J connectivity index is 2.43. The first-order valence-corrected chi connectivity index (χ1v) is 6.11. The topological polar surface area (TPSA) is 93.3 Å². The van der Waals surface area contributed by atoms with Crippen molar-refractivity contribution in [3.8, 4) is 0 Å². The van der Waals surface area contributed by atoms with Crippen molar-refractivity contribution >= 4 is 23.4 Å². The summed E-state index contributed by atoms with van der Waals surface area (Å²) in [6, 6.07) is 6.80. The van der Waals surface area contributed by atoms with Crippen LogP contribution in [0.25, 0.3) is 0 Å². The van der Waals surface area contributed by atoms with Gasteiger partial charge in [0.2, 0.25) is 0 Å². The highest BCUT2D eigenvalue weighted by Crippen LogP contribution is 2.35. The summed E-state index contributed by atoms with van der Waals surface area (Å²) < 4.78 is 13.9. The van der Waals surface area contributed by atoms with Crippen LogP contribution in [0.3, 0.4) is 0 Å². The molecule has 0 unspecified atom stereocenters. The first-order valence-electron chi connectivity index (χ1n) is 5.29. The van der Waals surface area contributed by atoms with Crippen LogP contribution in [-0.4, -0.2) is 21.0 Å². The van der Waals surface area contributed by atoms with Gasteiger partial charge in [-0.3, -0.25) is 10.1 Å². The Bertz CT molecular complexity index is 693. The van der Waals surface area contributed by atoms with E-state index in [1.165, 1.54) is 18.2 Å². The number of rotatable bonds is 4. The minimum atomic E-state index is -1.42. The summed E-state index contributed by atoms with van der Waals surface area (Å²) in [7, 11) is 0. The molecule has 102 valence electrons. The summed E-state index contributed by atoms with van der Waals surface area (Å²) >= 11 is 0.710. The highest BCUT2D eigenvalue weighted by atomic mass is 32.2. The third kappa shape index (κ3) is 2.75. The summed E-state index contributed by atoms with van der Waals surface area (Å²) in [5.74, 6) is -2.43. The maximum absolute atomic E-state index is 13.9. The number of nitro benzene ring substituents is 1. The molecule has 8 heteroatoms. The van der Waals surface area contributed by atoms with E-state index in [9.17, 15) is 19.3 Å². The number of benzene rings is 1. The Morgan fingerprint density at radius 2 is 2.05 bits per heavy atom. The van der Waals surface area contributed by atoms with Crippen molar-refractivity contribution in [2.45, 2.75) is 9.92 Å². The molecule has 0 fully saturated rings. The molecular weight excluding hydrogens is 287 g/mol. The smallest absolute Gasteiger partial charge is 0.338 e. The van der Waals surface area contributed by atoms with Crippen LogP contribution in [0.4, 0.5) is 10.1 Å². The molecule has 0 saturated carbocycles. The Kier molecular flexibility index (Phi) is 3.94. The molecule has 0 saturated heterocycles. The Morgan fingerprint density at radius 3 is 2.70 bits per heavy atom. The van der Waals surface area contributed by atoms with Gasteiger partial charge in [0, 0.05) is 12.3 Å². The zero-order valence-electron chi connectivity index (χ0n) is 9.82. The van der Waals surface area contributed by atoms with E-state index in [-0.39, 0.29) is 15.6 Å². The number of hydrogen-bond donors (Lipinski definition) is 1. The van der Waals surface area contributed by atoms with Crippen molar-refractivity contribution in [2.24, 2.45) is 0 Å². The van der Waals surface area contributed by atoms with E-state index in [0.29, 0.717) is 11.8 Å². The van der Waals surface area contributed by atoms with Crippen molar-refractivity contribution in [2.75, 3.05) is 0 Å². The quantitative estimate of drug-likeness (QED) is 0.688. The zero-order chi connectivity index (χ0) is 14.7. The summed E-state index contributed by atoms with van der Waals surface area (Å²) in [6.07, 6.45) is 1.14. The molecule has 2 rings (SSSR count). The molecule has 0 atom stereocenters. The lowest BCUT2D eigenvalue weighted by molar-refractivity contribution is -0.387. The number of aromatic nitrogens is 1. The van der Waals surface area contributed by atoms with Crippen molar-refractivity contribution in [1.82, 2.24) is 4.98 Å². The van der Waals surface area contributed by atoms with Crippen LogP contribution < -0.4 is 0 Å². The second kappa shape index (κ2) is 5.66. The fourth-order valence-corrected chi connectivity index (χ4v) is 2.37. The number of carbonyl (C=O) groups is 1.